The van der Waals surface area contributed by atoms with E-state index in [1.54, 1.807) is 26.8 Å². The van der Waals surface area contributed by atoms with Crippen molar-refractivity contribution in [3.05, 3.63) is 19.8 Å². The number of aliphatic carboxylic acids is 1. The molecule has 2 N–H and O–H groups in total. The zero-order valence-corrected chi connectivity index (χ0v) is 14.4. The number of rotatable bonds is 4. The zero-order valence-electron chi connectivity index (χ0n) is 11.2. The van der Waals surface area contributed by atoms with Gasteiger partial charge in [0.25, 0.3) is 0 Å². The number of carboxylic acid groups (broad SMARTS) is 1. The van der Waals surface area contributed by atoms with Gasteiger partial charge in [-0.05, 0) is 42.8 Å². The van der Waals surface area contributed by atoms with Crippen LogP contribution in [0.5, 0.6) is 0 Å². The lowest BCUT2D eigenvalue weighted by Gasteiger charge is -2.22. The molecule has 1 aromatic rings. The predicted octanol–water partition coefficient (Wildman–Crippen LogP) is 4.20. The van der Waals surface area contributed by atoms with Crippen LogP contribution in [0.1, 0.15) is 38.1 Å². The Morgan fingerprint density at radius 2 is 2.15 bits per heavy atom. The van der Waals surface area contributed by atoms with E-state index in [2.05, 4.69) is 21.2 Å². The minimum absolute atomic E-state index is 0.247. The number of ether oxygens (including phenoxy) is 1. The first kappa shape index (κ1) is 17.3. The third-order valence-corrected chi connectivity index (χ3v) is 4.67. The lowest BCUT2D eigenvalue weighted by molar-refractivity contribution is -0.137. The quantitative estimate of drug-likeness (QED) is 0.815. The van der Waals surface area contributed by atoms with Crippen molar-refractivity contribution in [3.8, 4) is 0 Å². The molecule has 112 valence electrons. The summed E-state index contributed by atoms with van der Waals surface area (Å²) in [6.45, 7) is 5.20. The fourth-order valence-corrected chi connectivity index (χ4v) is 3.17. The van der Waals surface area contributed by atoms with E-state index in [9.17, 15) is 9.59 Å². The molecule has 0 fully saturated rings. The standard InChI is InChI=1S/C12H15BrClNO4S/c1-12(2,3)19-11(18)15-7(5-9(16)17)8-4-6(13)10(14)20-8/h4,7H,5H2,1-3H3,(H,15,18)(H,16,17)/t7-/m0/s1. The summed E-state index contributed by atoms with van der Waals surface area (Å²) in [5.41, 5.74) is -0.647. The van der Waals surface area contributed by atoms with Crippen LogP contribution in [0.25, 0.3) is 0 Å². The molecule has 0 radical (unpaired) electrons. The molecule has 0 aromatic carbocycles. The molecule has 20 heavy (non-hydrogen) atoms. The van der Waals surface area contributed by atoms with Crippen molar-refractivity contribution in [2.24, 2.45) is 0 Å². The molecular formula is C12H15BrClNO4S. The fourth-order valence-electron chi connectivity index (χ4n) is 1.38. The Balaban J connectivity index is 2.85. The first-order valence-corrected chi connectivity index (χ1v) is 7.73. The van der Waals surface area contributed by atoms with Crippen molar-refractivity contribution in [1.82, 2.24) is 5.32 Å². The highest BCUT2D eigenvalue weighted by Gasteiger charge is 2.24. The summed E-state index contributed by atoms with van der Waals surface area (Å²) in [4.78, 5) is 23.3. The van der Waals surface area contributed by atoms with Crippen LogP contribution >= 0.6 is 38.9 Å². The molecule has 0 aliphatic heterocycles. The second-order valence-electron chi connectivity index (χ2n) is 5.07. The fraction of sp³-hybridized carbons (Fsp3) is 0.500. The summed E-state index contributed by atoms with van der Waals surface area (Å²) >= 11 is 10.4. The number of carboxylic acids is 1. The Kier molecular flexibility index (Phi) is 5.85. The van der Waals surface area contributed by atoms with Gasteiger partial charge in [-0.15, -0.1) is 11.3 Å². The van der Waals surface area contributed by atoms with Crippen LogP contribution in [0, 0.1) is 0 Å². The first-order valence-electron chi connectivity index (χ1n) is 5.74. The van der Waals surface area contributed by atoms with Gasteiger partial charge in [0.1, 0.15) is 9.94 Å². The minimum Gasteiger partial charge on any atom is -0.481 e. The van der Waals surface area contributed by atoms with E-state index >= 15 is 0 Å². The third-order valence-electron chi connectivity index (χ3n) is 2.08. The van der Waals surface area contributed by atoms with Crippen LogP contribution in [-0.4, -0.2) is 22.8 Å². The molecule has 1 rings (SSSR count). The third kappa shape index (κ3) is 5.68. The van der Waals surface area contributed by atoms with Gasteiger partial charge in [0, 0.05) is 9.35 Å². The summed E-state index contributed by atoms with van der Waals surface area (Å²) < 4.78 is 6.29. The average Bonchev–Trinajstić information content (AvgIpc) is 2.54. The molecule has 0 aliphatic rings. The largest absolute Gasteiger partial charge is 0.481 e. The molecule has 0 saturated heterocycles. The molecule has 5 nitrogen and oxygen atoms in total. The molecule has 1 atom stereocenters. The maximum absolute atomic E-state index is 11.7. The summed E-state index contributed by atoms with van der Waals surface area (Å²) in [5, 5.41) is 11.5. The smallest absolute Gasteiger partial charge is 0.408 e. The van der Waals surface area contributed by atoms with Crippen LogP contribution in [0.15, 0.2) is 10.5 Å². The number of carbonyl (C=O) groups excluding carboxylic acids is 1. The van der Waals surface area contributed by atoms with Gasteiger partial charge in [0.05, 0.1) is 12.5 Å². The van der Waals surface area contributed by atoms with E-state index in [1.807, 2.05) is 0 Å². The average molecular weight is 385 g/mol. The maximum Gasteiger partial charge on any atom is 0.408 e. The van der Waals surface area contributed by atoms with Gasteiger partial charge in [-0.1, -0.05) is 11.6 Å². The van der Waals surface area contributed by atoms with E-state index in [4.69, 9.17) is 21.4 Å². The number of nitrogens with one attached hydrogen (secondary N) is 1. The van der Waals surface area contributed by atoms with Gasteiger partial charge in [0.15, 0.2) is 0 Å². The van der Waals surface area contributed by atoms with E-state index < -0.39 is 23.7 Å². The molecule has 0 aliphatic carbocycles. The lowest BCUT2D eigenvalue weighted by atomic mass is 10.1. The molecule has 1 amide bonds. The van der Waals surface area contributed by atoms with Crippen molar-refractivity contribution in [3.63, 3.8) is 0 Å². The van der Waals surface area contributed by atoms with Crippen molar-refractivity contribution in [2.75, 3.05) is 0 Å². The number of thiophene rings is 1. The van der Waals surface area contributed by atoms with E-state index in [-0.39, 0.29) is 6.42 Å². The van der Waals surface area contributed by atoms with Gasteiger partial charge in [-0.2, -0.15) is 0 Å². The molecular weight excluding hydrogens is 370 g/mol. The maximum atomic E-state index is 11.7. The minimum atomic E-state index is -1.02. The number of hydrogen-bond donors (Lipinski definition) is 2. The van der Waals surface area contributed by atoms with Crippen molar-refractivity contribution < 1.29 is 19.4 Å². The SMILES string of the molecule is CC(C)(C)OC(=O)N[C@@H](CC(=O)O)c1cc(Br)c(Cl)s1. The Bertz CT molecular complexity index is 493. The number of amides is 1. The Morgan fingerprint density at radius 1 is 1.55 bits per heavy atom. The Morgan fingerprint density at radius 3 is 2.55 bits per heavy atom. The van der Waals surface area contributed by atoms with Gasteiger partial charge in [-0.25, -0.2) is 4.79 Å². The highest BCUT2D eigenvalue weighted by Crippen LogP contribution is 2.36. The highest BCUT2D eigenvalue weighted by atomic mass is 79.9. The predicted molar refractivity (Wildman–Crippen MR) is 81.4 cm³/mol. The molecule has 0 spiro atoms. The van der Waals surface area contributed by atoms with Gasteiger partial charge in [-0.3, -0.25) is 4.79 Å². The topological polar surface area (TPSA) is 75.6 Å². The molecule has 0 saturated carbocycles. The number of alkyl carbamates (subject to hydrolysis) is 1. The van der Waals surface area contributed by atoms with E-state index in [0.29, 0.717) is 13.7 Å². The molecule has 0 bridgehead atoms. The number of halogens is 2. The summed E-state index contributed by atoms with van der Waals surface area (Å²) in [6.07, 6.45) is -0.910. The monoisotopic (exact) mass is 383 g/mol. The normalized spacial score (nSPS) is 12.8. The van der Waals surface area contributed by atoms with E-state index in [1.165, 1.54) is 11.3 Å². The van der Waals surface area contributed by atoms with Crippen LogP contribution < -0.4 is 5.32 Å². The van der Waals surface area contributed by atoms with Crippen LogP contribution in [-0.2, 0) is 9.53 Å². The van der Waals surface area contributed by atoms with Gasteiger partial charge >= 0.3 is 12.1 Å². The Hall–Kier alpha value is -0.790. The number of carbonyl (C=O) groups is 2. The molecule has 1 aromatic heterocycles. The lowest BCUT2D eigenvalue weighted by Crippen LogP contribution is -2.35. The summed E-state index contributed by atoms with van der Waals surface area (Å²) in [7, 11) is 0. The van der Waals surface area contributed by atoms with Crippen molar-refractivity contribution >= 4 is 50.9 Å². The first-order chi connectivity index (χ1) is 9.08. The second-order valence-corrected chi connectivity index (χ2v) is 7.61. The van der Waals surface area contributed by atoms with E-state index in [0.717, 1.165) is 0 Å². The summed E-state index contributed by atoms with van der Waals surface area (Å²) in [6, 6.07) is 1.01. The van der Waals surface area contributed by atoms with Gasteiger partial charge in [0.2, 0.25) is 0 Å². The summed E-state index contributed by atoms with van der Waals surface area (Å²) in [5.74, 6) is -1.02. The Labute approximate surface area is 134 Å². The second kappa shape index (κ2) is 6.78. The highest BCUT2D eigenvalue weighted by molar-refractivity contribution is 9.10. The number of hydrogen-bond acceptors (Lipinski definition) is 4. The van der Waals surface area contributed by atoms with Crippen LogP contribution in [0.2, 0.25) is 4.34 Å². The molecule has 0 unspecified atom stereocenters. The zero-order chi connectivity index (χ0) is 15.5. The molecule has 8 heteroatoms. The van der Waals surface area contributed by atoms with Crippen LogP contribution in [0.4, 0.5) is 4.79 Å². The van der Waals surface area contributed by atoms with Gasteiger partial charge < -0.3 is 15.2 Å². The molecule has 1 heterocycles. The van der Waals surface area contributed by atoms with Crippen molar-refractivity contribution in [1.29, 1.82) is 0 Å². The van der Waals surface area contributed by atoms with Crippen LogP contribution in [0.3, 0.4) is 0 Å². The van der Waals surface area contributed by atoms with Crippen molar-refractivity contribution in [2.45, 2.75) is 38.8 Å².